The van der Waals surface area contributed by atoms with Gasteiger partial charge in [-0.25, -0.2) is 4.79 Å². The van der Waals surface area contributed by atoms with Crippen molar-refractivity contribution in [3.63, 3.8) is 0 Å². The molecule has 0 bridgehead atoms. The average Bonchev–Trinajstić information content (AvgIpc) is 2.17. The van der Waals surface area contributed by atoms with Crippen molar-refractivity contribution in [2.45, 2.75) is 13.8 Å². The van der Waals surface area contributed by atoms with Gasteiger partial charge in [-0.1, -0.05) is 17.7 Å². The van der Waals surface area contributed by atoms with Gasteiger partial charge in [-0.2, -0.15) is 0 Å². The Hall–Kier alpha value is -1.77. The first kappa shape index (κ1) is 11.3. The summed E-state index contributed by atoms with van der Waals surface area (Å²) in [6.45, 7) is 4.76. The molecule has 80 valence electrons. The van der Waals surface area contributed by atoms with Gasteiger partial charge < -0.3 is 10.4 Å². The van der Waals surface area contributed by atoms with E-state index in [4.69, 9.17) is 5.11 Å². The van der Waals surface area contributed by atoms with Crippen molar-refractivity contribution in [1.29, 1.82) is 0 Å². The molecule has 0 saturated heterocycles. The summed E-state index contributed by atoms with van der Waals surface area (Å²) in [6, 6.07) is 6.79. The van der Waals surface area contributed by atoms with Gasteiger partial charge in [0.25, 0.3) is 0 Å². The smallest absolute Gasteiger partial charge is 0.335 e. The number of allylic oxidation sites excluding steroid dienone is 1. The number of anilines is 1. The summed E-state index contributed by atoms with van der Waals surface area (Å²) < 4.78 is 0. The van der Waals surface area contributed by atoms with Crippen molar-refractivity contribution in [3.05, 3.63) is 41.5 Å². The zero-order valence-corrected chi connectivity index (χ0v) is 8.95. The molecule has 0 aliphatic heterocycles. The molecule has 2 N–H and O–H groups in total. The molecule has 3 heteroatoms. The van der Waals surface area contributed by atoms with Gasteiger partial charge in [0, 0.05) is 12.2 Å². The Morgan fingerprint density at radius 2 is 2.20 bits per heavy atom. The first-order valence-electron chi connectivity index (χ1n) is 4.80. The molecule has 15 heavy (non-hydrogen) atoms. The Bertz CT molecular complexity index is 379. The highest BCUT2D eigenvalue weighted by molar-refractivity contribution is 5.88. The first-order chi connectivity index (χ1) is 7.09. The van der Waals surface area contributed by atoms with Crippen LogP contribution < -0.4 is 5.32 Å². The Kier molecular flexibility index (Phi) is 3.92. The molecular formula is C12H15NO2. The van der Waals surface area contributed by atoms with Gasteiger partial charge in [0.2, 0.25) is 0 Å². The Balaban J connectivity index is 2.66. The summed E-state index contributed by atoms with van der Waals surface area (Å²) in [5, 5.41) is 11.9. The molecular weight excluding hydrogens is 190 g/mol. The minimum absolute atomic E-state index is 0.303. The topological polar surface area (TPSA) is 49.3 Å². The lowest BCUT2D eigenvalue weighted by atomic mass is 10.2. The summed E-state index contributed by atoms with van der Waals surface area (Å²) in [7, 11) is 0. The van der Waals surface area contributed by atoms with E-state index >= 15 is 0 Å². The quantitative estimate of drug-likeness (QED) is 0.743. The molecule has 0 heterocycles. The van der Waals surface area contributed by atoms with Crippen LogP contribution >= 0.6 is 0 Å². The van der Waals surface area contributed by atoms with Crippen molar-refractivity contribution in [1.82, 2.24) is 0 Å². The van der Waals surface area contributed by atoms with Crippen LogP contribution in [0, 0.1) is 0 Å². The monoisotopic (exact) mass is 205 g/mol. The average molecular weight is 205 g/mol. The molecule has 0 radical (unpaired) electrons. The van der Waals surface area contributed by atoms with Crippen LogP contribution in [-0.4, -0.2) is 17.6 Å². The maximum atomic E-state index is 10.7. The van der Waals surface area contributed by atoms with Gasteiger partial charge in [-0.05, 0) is 32.0 Å². The molecule has 3 nitrogen and oxygen atoms in total. The lowest BCUT2D eigenvalue weighted by molar-refractivity contribution is 0.0697. The SMILES string of the molecule is CC(C)=CCNc1cccc(C(=O)O)c1. The number of carbonyl (C=O) groups is 1. The summed E-state index contributed by atoms with van der Waals surface area (Å²) >= 11 is 0. The molecule has 0 aliphatic carbocycles. The molecule has 1 rings (SSSR count). The minimum Gasteiger partial charge on any atom is -0.478 e. The highest BCUT2D eigenvalue weighted by atomic mass is 16.4. The van der Waals surface area contributed by atoms with Crippen LogP contribution in [0.5, 0.6) is 0 Å². The maximum absolute atomic E-state index is 10.7. The zero-order chi connectivity index (χ0) is 11.3. The predicted molar refractivity (Wildman–Crippen MR) is 61.3 cm³/mol. The third-order valence-electron chi connectivity index (χ3n) is 1.93. The molecule has 1 aromatic rings. The molecule has 0 spiro atoms. The molecule has 0 amide bonds. The van der Waals surface area contributed by atoms with Gasteiger partial charge in [-0.3, -0.25) is 0 Å². The third-order valence-corrected chi connectivity index (χ3v) is 1.93. The second kappa shape index (κ2) is 5.20. The van der Waals surface area contributed by atoms with Crippen molar-refractivity contribution in [2.75, 3.05) is 11.9 Å². The van der Waals surface area contributed by atoms with E-state index < -0.39 is 5.97 Å². The van der Waals surface area contributed by atoms with E-state index in [9.17, 15) is 4.79 Å². The van der Waals surface area contributed by atoms with Gasteiger partial charge in [0.05, 0.1) is 5.56 Å². The van der Waals surface area contributed by atoms with Crippen molar-refractivity contribution in [3.8, 4) is 0 Å². The number of hydrogen-bond acceptors (Lipinski definition) is 2. The van der Waals surface area contributed by atoms with Crippen LogP contribution in [0.15, 0.2) is 35.9 Å². The highest BCUT2D eigenvalue weighted by Crippen LogP contribution is 2.10. The number of carboxylic acids is 1. The Labute approximate surface area is 89.4 Å². The standard InChI is InChI=1S/C12H15NO2/c1-9(2)6-7-13-11-5-3-4-10(8-11)12(14)15/h3-6,8,13H,7H2,1-2H3,(H,14,15). The summed E-state index contributed by atoms with van der Waals surface area (Å²) in [6.07, 6.45) is 2.05. The fourth-order valence-corrected chi connectivity index (χ4v) is 1.14. The van der Waals surface area contributed by atoms with Crippen LogP contribution in [0.1, 0.15) is 24.2 Å². The third kappa shape index (κ3) is 3.85. The second-order valence-electron chi connectivity index (χ2n) is 3.55. The first-order valence-corrected chi connectivity index (χ1v) is 4.80. The molecule has 0 unspecified atom stereocenters. The van der Waals surface area contributed by atoms with E-state index in [1.54, 1.807) is 18.2 Å². The Morgan fingerprint density at radius 3 is 2.80 bits per heavy atom. The molecule has 0 saturated carbocycles. The van der Waals surface area contributed by atoms with Crippen molar-refractivity contribution < 1.29 is 9.90 Å². The number of carboxylic acid groups (broad SMARTS) is 1. The highest BCUT2D eigenvalue weighted by Gasteiger charge is 2.01. The maximum Gasteiger partial charge on any atom is 0.335 e. The van der Waals surface area contributed by atoms with E-state index in [-0.39, 0.29) is 0 Å². The van der Waals surface area contributed by atoms with Gasteiger partial charge in [0.1, 0.15) is 0 Å². The van der Waals surface area contributed by atoms with E-state index in [0.29, 0.717) is 12.1 Å². The van der Waals surface area contributed by atoms with Gasteiger partial charge >= 0.3 is 5.97 Å². The van der Waals surface area contributed by atoms with Gasteiger partial charge in [0.15, 0.2) is 0 Å². The number of aromatic carboxylic acids is 1. The number of hydrogen-bond donors (Lipinski definition) is 2. The molecule has 0 atom stereocenters. The number of rotatable bonds is 4. The van der Waals surface area contributed by atoms with Crippen LogP contribution in [0.3, 0.4) is 0 Å². The normalized spacial score (nSPS) is 9.47. The summed E-state index contributed by atoms with van der Waals surface area (Å²) in [5.74, 6) is -0.902. The number of nitrogens with one attached hydrogen (secondary N) is 1. The fourth-order valence-electron chi connectivity index (χ4n) is 1.14. The number of benzene rings is 1. The summed E-state index contributed by atoms with van der Waals surface area (Å²) in [5.41, 5.74) is 2.36. The predicted octanol–water partition coefficient (Wildman–Crippen LogP) is 2.76. The lowest BCUT2D eigenvalue weighted by Crippen LogP contribution is -2.01. The zero-order valence-electron chi connectivity index (χ0n) is 8.95. The molecule has 0 aliphatic rings. The van der Waals surface area contributed by atoms with Crippen LogP contribution in [-0.2, 0) is 0 Å². The van der Waals surface area contributed by atoms with Crippen LogP contribution in [0.25, 0.3) is 0 Å². The molecule has 1 aromatic carbocycles. The van der Waals surface area contributed by atoms with E-state index in [1.807, 2.05) is 26.0 Å². The Morgan fingerprint density at radius 1 is 1.47 bits per heavy atom. The van der Waals surface area contributed by atoms with Crippen LogP contribution in [0.2, 0.25) is 0 Å². The fraction of sp³-hybridized carbons (Fsp3) is 0.250. The largest absolute Gasteiger partial charge is 0.478 e. The molecule has 0 fully saturated rings. The van der Waals surface area contributed by atoms with Crippen molar-refractivity contribution >= 4 is 11.7 Å². The second-order valence-corrected chi connectivity index (χ2v) is 3.55. The lowest BCUT2D eigenvalue weighted by Gasteiger charge is -2.04. The molecule has 0 aromatic heterocycles. The summed E-state index contributed by atoms with van der Waals surface area (Å²) in [4.78, 5) is 10.7. The van der Waals surface area contributed by atoms with E-state index in [1.165, 1.54) is 5.57 Å². The van der Waals surface area contributed by atoms with Crippen LogP contribution in [0.4, 0.5) is 5.69 Å². The van der Waals surface area contributed by atoms with Crippen molar-refractivity contribution in [2.24, 2.45) is 0 Å². The minimum atomic E-state index is -0.902. The van der Waals surface area contributed by atoms with E-state index in [0.717, 1.165) is 5.69 Å². The van der Waals surface area contributed by atoms with Gasteiger partial charge in [-0.15, -0.1) is 0 Å². The van der Waals surface area contributed by atoms with E-state index in [2.05, 4.69) is 5.32 Å².